The van der Waals surface area contributed by atoms with Crippen molar-refractivity contribution in [3.63, 3.8) is 0 Å². The molecule has 1 amide bonds. The van der Waals surface area contributed by atoms with Crippen LogP contribution in [-0.2, 0) is 0 Å². The molecule has 2 aromatic heterocycles. The molecular weight excluding hydrogens is 284 g/mol. The third-order valence-electron chi connectivity index (χ3n) is 3.96. The zero-order valence-corrected chi connectivity index (χ0v) is 13.2. The van der Waals surface area contributed by atoms with E-state index in [1.807, 2.05) is 13.0 Å². The molecule has 0 unspecified atom stereocenters. The maximum Gasteiger partial charge on any atom is 0.263 e. The third-order valence-corrected chi connectivity index (χ3v) is 5.08. The number of carbonyl (C=O) groups excluding carboxylic acids is 1. The van der Waals surface area contributed by atoms with Crippen LogP contribution in [0.5, 0.6) is 0 Å². The number of pyridine rings is 1. The molecule has 1 saturated carbocycles. The van der Waals surface area contributed by atoms with Gasteiger partial charge < -0.3 is 16.0 Å². The largest absolute Gasteiger partial charge is 0.397 e. The van der Waals surface area contributed by atoms with E-state index in [0.717, 1.165) is 22.3 Å². The van der Waals surface area contributed by atoms with Gasteiger partial charge >= 0.3 is 0 Å². The maximum atomic E-state index is 12.3. The molecule has 1 fully saturated rings. The molecule has 2 aromatic rings. The van der Waals surface area contributed by atoms with Crippen molar-refractivity contribution in [1.82, 2.24) is 15.2 Å². The molecular formula is C15H20N4OS. The van der Waals surface area contributed by atoms with E-state index in [0.29, 0.717) is 23.2 Å². The molecule has 6 heteroatoms. The van der Waals surface area contributed by atoms with Crippen LogP contribution in [0.2, 0.25) is 0 Å². The monoisotopic (exact) mass is 304 g/mol. The predicted octanol–water partition coefficient (Wildman–Crippen LogP) is 2.01. The van der Waals surface area contributed by atoms with Gasteiger partial charge in [0.2, 0.25) is 0 Å². The minimum atomic E-state index is -0.0981. The molecule has 0 aromatic carbocycles. The molecule has 0 bridgehead atoms. The Morgan fingerprint density at radius 3 is 3.00 bits per heavy atom. The number of rotatable bonds is 5. The summed E-state index contributed by atoms with van der Waals surface area (Å²) in [5.41, 5.74) is 7.74. The van der Waals surface area contributed by atoms with Gasteiger partial charge in [-0.3, -0.25) is 4.79 Å². The van der Waals surface area contributed by atoms with Gasteiger partial charge in [0.25, 0.3) is 5.91 Å². The highest BCUT2D eigenvalue weighted by atomic mass is 32.1. The molecule has 0 spiro atoms. The predicted molar refractivity (Wildman–Crippen MR) is 86.8 cm³/mol. The Morgan fingerprint density at radius 1 is 1.57 bits per heavy atom. The van der Waals surface area contributed by atoms with Crippen LogP contribution >= 0.6 is 11.3 Å². The zero-order chi connectivity index (χ0) is 15.0. The Labute approximate surface area is 128 Å². The number of nitrogen functional groups attached to an aromatic ring is 1. The van der Waals surface area contributed by atoms with Crippen molar-refractivity contribution in [2.45, 2.75) is 25.8 Å². The first-order valence-electron chi connectivity index (χ1n) is 7.20. The number of amides is 1. The smallest absolute Gasteiger partial charge is 0.263 e. The minimum Gasteiger partial charge on any atom is -0.397 e. The van der Waals surface area contributed by atoms with Crippen molar-refractivity contribution in [2.75, 3.05) is 25.9 Å². The average molecular weight is 304 g/mol. The summed E-state index contributed by atoms with van der Waals surface area (Å²) in [6, 6.07) is 2.63. The molecule has 0 atom stereocenters. The van der Waals surface area contributed by atoms with Gasteiger partial charge in [-0.1, -0.05) is 0 Å². The number of aryl methyl sites for hydroxylation is 1. The van der Waals surface area contributed by atoms with E-state index in [1.165, 1.54) is 24.2 Å². The molecule has 0 radical (unpaired) electrons. The number of hydrogen-bond acceptors (Lipinski definition) is 5. The van der Waals surface area contributed by atoms with Crippen LogP contribution < -0.4 is 11.1 Å². The molecule has 0 aliphatic heterocycles. The Morgan fingerprint density at radius 2 is 2.33 bits per heavy atom. The van der Waals surface area contributed by atoms with Crippen molar-refractivity contribution in [1.29, 1.82) is 0 Å². The number of likely N-dealkylation sites (N-methyl/N-ethyl adjacent to an activating group) is 1. The van der Waals surface area contributed by atoms with E-state index in [4.69, 9.17) is 5.73 Å². The van der Waals surface area contributed by atoms with E-state index >= 15 is 0 Å². The lowest BCUT2D eigenvalue weighted by Gasteiger charge is -2.15. The summed E-state index contributed by atoms with van der Waals surface area (Å²) in [6.07, 6.45) is 4.30. The second-order valence-corrected chi connectivity index (χ2v) is 6.62. The van der Waals surface area contributed by atoms with Crippen LogP contribution in [0.1, 0.15) is 28.1 Å². The first-order chi connectivity index (χ1) is 10.1. The number of nitrogens with two attached hydrogens (primary N) is 1. The van der Waals surface area contributed by atoms with Crippen LogP contribution in [0.4, 0.5) is 5.69 Å². The van der Waals surface area contributed by atoms with Gasteiger partial charge in [-0.05, 0) is 38.4 Å². The molecule has 1 aliphatic carbocycles. The second kappa shape index (κ2) is 5.61. The van der Waals surface area contributed by atoms with Crippen molar-refractivity contribution >= 4 is 33.1 Å². The third kappa shape index (κ3) is 2.87. The average Bonchev–Trinajstić information content (AvgIpc) is 3.24. The highest BCUT2D eigenvalue weighted by molar-refractivity contribution is 7.21. The number of nitrogens with zero attached hydrogens (tertiary/aromatic N) is 2. The van der Waals surface area contributed by atoms with E-state index in [9.17, 15) is 4.79 Å². The van der Waals surface area contributed by atoms with E-state index in [-0.39, 0.29) is 5.91 Å². The van der Waals surface area contributed by atoms with E-state index in [1.54, 1.807) is 6.20 Å². The topological polar surface area (TPSA) is 71.2 Å². The fraction of sp³-hybridized carbons (Fsp3) is 0.467. The van der Waals surface area contributed by atoms with Crippen molar-refractivity contribution in [3.05, 3.63) is 22.7 Å². The summed E-state index contributed by atoms with van der Waals surface area (Å²) in [6.45, 7) is 3.50. The summed E-state index contributed by atoms with van der Waals surface area (Å²) in [5, 5.41) is 3.86. The highest BCUT2D eigenvalue weighted by Gasteiger charge is 2.25. The lowest BCUT2D eigenvalue weighted by Crippen LogP contribution is -2.33. The number of aromatic nitrogens is 1. The van der Waals surface area contributed by atoms with Crippen LogP contribution in [0.15, 0.2) is 12.3 Å². The highest BCUT2D eigenvalue weighted by Crippen LogP contribution is 2.34. The standard InChI is InChI=1S/C15H20N4OS/c1-9-5-6-18-15-11(9)12(16)13(21-15)14(20)17-7-8-19(2)10-3-4-10/h5-6,10H,3-4,7-8,16H2,1-2H3,(H,17,20). The SMILES string of the molecule is Cc1ccnc2sc(C(=O)NCCN(C)C3CC3)c(N)c12. The number of nitrogens with one attached hydrogen (secondary N) is 1. The summed E-state index contributed by atoms with van der Waals surface area (Å²) >= 11 is 1.36. The first-order valence-corrected chi connectivity index (χ1v) is 8.01. The van der Waals surface area contributed by atoms with Crippen LogP contribution in [0, 0.1) is 6.92 Å². The molecule has 0 saturated heterocycles. The molecule has 3 rings (SSSR count). The summed E-state index contributed by atoms with van der Waals surface area (Å²) in [7, 11) is 2.10. The van der Waals surface area contributed by atoms with Crippen molar-refractivity contribution in [2.24, 2.45) is 0 Å². The van der Waals surface area contributed by atoms with Gasteiger partial charge in [-0.15, -0.1) is 11.3 Å². The van der Waals surface area contributed by atoms with Gasteiger partial charge in [0.05, 0.1) is 5.69 Å². The van der Waals surface area contributed by atoms with Crippen molar-refractivity contribution in [3.8, 4) is 0 Å². The van der Waals surface area contributed by atoms with Crippen LogP contribution in [0.25, 0.3) is 10.2 Å². The Kier molecular flexibility index (Phi) is 3.82. The molecule has 1 aliphatic rings. The minimum absolute atomic E-state index is 0.0981. The summed E-state index contributed by atoms with van der Waals surface area (Å²) in [4.78, 5) is 20.3. The number of hydrogen-bond donors (Lipinski definition) is 2. The number of thiophene rings is 1. The van der Waals surface area contributed by atoms with Gasteiger partial charge in [0.1, 0.15) is 9.71 Å². The van der Waals surface area contributed by atoms with E-state index < -0.39 is 0 Å². The van der Waals surface area contributed by atoms with Gasteiger partial charge in [-0.25, -0.2) is 4.98 Å². The summed E-state index contributed by atoms with van der Waals surface area (Å²) < 4.78 is 0. The number of carbonyl (C=O) groups is 1. The maximum absolute atomic E-state index is 12.3. The van der Waals surface area contributed by atoms with Gasteiger partial charge in [-0.2, -0.15) is 0 Å². The molecule has 5 nitrogen and oxygen atoms in total. The number of anilines is 1. The zero-order valence-electron chi connectivity index (χ0n) is 12.3. The fourth-order valence-electron chi connectivity index (χ4n) is 2.50. The van der Waals surface area contributed by atoms with Crippen molar-refractivity contribution < 1.29 is 4.79 Å². The normalized spacial score (nSPS) is 14.8. The molecule has 2 heterocycles. The quantitative estimate of drug-likeness (QED) is 0.886. The lowest BCUT2D eigenvalue weighted by molar-refractivity contribution is 0.0954. The lowest BCUT2D eigenvalue weighted by atomic mass is 10.2. The second-order valence-electron chi connectivity index (χ2n) is 5.62. The van der Waals surface area contributed by atoms with Gasteiger partial charge in [0.15, 0.2) is 0 Å². The summed E-state index contributed by atoms with van der Waals surface area (Å²) in [5.74, 6) is -0.0981. The molecule has 3 N–H and O–H groups in total. The van der Waals surface area contributed by atoms with Crippen LogP contribution in [0.3, 0.4) is 0 Å². The Bertz CT molecular complexity index is 678. The fourth-order valence-corrected chi connectivity index (χ4v) is 3.55. The van der Waals surface area contributed by atoms with Crippen LogP contribution in [-0.4, -0.2) is 42.0 Å². The first kappa shape index (κ1) is 14.3. The number of fused-ring (bicyclic) bond motifs is 1. The van der Waals surface area contributed by atoms with Gasteiger partial charge in [0, 0.05) is 30.7 Å². The van der Waals surface area contributed by atoms with E-state index in [2.05, 4.69) is 22.2 Å². The molecule has 21 heavy (non-hydrogen) atoms. The molecule has 112 valence electrons. The Balaban J connectivity index is 1.69. The Hall–Kier alpha value is -1.66.